The van der Waals surface area contributed by atoms with Gasteiger partial charge in [0.15, 0.2) is 0 Å². The van der Waals surface area contributed by atoms with E-state index in [4.69, 9.17) is 5.73 Å². The maximum atomic E-state index is 13.0. The van der Waals surface area contributed by atoms with Crippen LogP contribution < -0.4 is 26.4 Å². The molecular weight excluding hydrogens is 463 g/mol. The molecule has 2 amide bonds. The number of halogens is 3. The number of imide groups is 1. The molecule has 11 heteroatoms. The summed E-state index contributed by atoms with van der Waals surface area (Å²) in [5.74, 6) is -1.41. The topological polar surface area (TPSA) is 101 Å². The Morgan fingerprint density at radius 2 is 1.37 bits per heavy atom. The molecule has 35 heavy (non-hydrogen) atoms. The molecule has 1 saturated heterocycles. The molecule has 0 unspecified atom stereocenters. The Bertz CT molecular complexity index is 1390. The number of alkyl halides is 3. The second kappa shape index (κ2) is 8.19. The molecule has 0 aliphatic carbocycles. The number of nitrogens with one attached hydrogen (secondary N) is 1. The van der Waals surface area contributed by atoms with E-state index in [2.05, 4.69) is 10.2 Å². The Morgan fingerprint density at radius 1 is 0.771 bits per heavy atom. The number of carbonyl (C=O) groups excluding carboxylic acids is 2. The van der Waals surface area contributed by atoms with Crippen molar-refractivity contribution < 1.29 is 22.8 Å². The average Bonchev–Trinajstić information content (AvgIpc) is 3.12. The van der Waals surface area contributed by atoms with Gasteiger partial charge in [-0.25, -0.2) is 0 Å². The Morgan fingerprint density at radius 3 is 2.00 bits per heavy atom. The molecule has 1 fully saturated rings. The van der Waals surface area contributed by atoms with Gasteiger partial charge in [0.25, 0.3) is 17.4 Å². The van der Waals surface area contributed by atoms with Gasteiger partial charge in [-0.15, -0.1) is 0 Å². The lowest BCUT2D eigenvalue weighted by Crippen LogP contribution is -2.46. The lowest BCUT2D eigenvalue weighted by atomic mass is 10.1. The van der Waals surface area contributed by atoms with Gasteiger partial charge in [-0.3, -0.25) is 24.3 Å². The first-order chi connectivity index (χ1) is 16.6. The summed E-state index contributed by atoms with van der Waals surface area (Å²) in [7, 11) is 0. The standard InChI is InChI=1S/C24H20F3N5O3/c25-24(26,27)14-2-1-3-17(12-14)31-10-8-30(9-11-31)15-4-6-16(7-5-15)32-19(33)13-18-20(21(32)28)23(35)29-22(18)34/h1-7,12-13H,8-11,28H2,(H,29,34,35). The maximum absolute atomic E-state index is 13.0. The summed E-state index contributed by atoms with van der Waals surface area (Å²) >= 11 is 0. The minimum absolute atomic E-state index is 0.0237. The van der Waals surface area contributed by atoms with E-state index in [1.165, 1.54) is 10.6 Å². The van der Waals surface area contributed by atoms with E-state index in [0.717, 1.165) is 23.9 Å². The molecule has 2 aliphatic heterocycles. The Hall–Kier alpha value is -4.28. The highest BCUT2D eigenvalue weighted by molar-refractivity contribution is 6.23. The fraction of sp³-hybridized carbons (Fsp3) is 0.208. The van der Waals surface area contributed by atoms with Gasteiger partial charge in [-0.2, -0.15) is 13.2 Å². The Kier molecular flexibility index (Phi) is 5.27. The highest BCUT2D eigenvalue weighted by atomic mass is 19.4. The largest absolute Gasteiger partial charge is 0.416 e. The van der Waals surface area contributed by atoms with Gasteiger partial charge in [0.05, 0.1) is 22.4 Å². The molecule has 8 nitrogen and oxygen atoms in total. The molecule has 0 bridgehead atoms. The molecule has 3 aromatic rings. The number of piperazine rings is 1. The van der Waals surface area contributed by atoms with Crippen molar-refractivity contribution in [1.82, 2.24) is 9.88 Å². The van der Waals surface area contributed by atoms with Gasteiger partial charge in [-0.1, -0.05) is 6.07 Å². The van der Waals surface area contributed by atoms with Crippen LogP contribution in [0.2, 0.25) is 0 Å². The third kappa shape index (κ3) is 3.98. The quantitative estimate of drug-likeness (QED) is 0.556. The average molecular weight is 483 g/mol. The minimum atomic E-state index is -4.39. The van der Waals surface area contributed by atoms with Crippen LogP contribution in [0.3, 0.4) is 0 Å². The van der Waals surface area contributed by atoms with E-state index in [1.54, 1.807) is 30.3 Å². The highest BCUT2D eigenvalue weighted by Crippen LogP contribution is 2.32. The molecule has 2 aliphatic rings. The van der Waals surface area contributed by atoms with Crippen molar-refractivity contribution in [2.24, 2.45) is 0 Å². The molecule has 2 aromatic carbocycles. The van der Waals surface area contributed by atoms with Crippen LogP contribution in [0.5, 0.6) is 0 Å². The monoisotopic (exact) mass is 483 g/mol. The van der Waals surface area contributed by atoms with E-state index in [9.17, 15) is 27.6 Å². The molecule has 0 saturated carbocycles. The van der Waals surface area contributed by atoms with Crippen LogP contribution in [0.4, 0.5) is 30.4 Å². The van der Waals surface area contributed by atoms with Crippen molar-refractivity contribution in [3.63, 3.8) is 0 Å². The van der Waals surface area contributed by atoms with Crippen molar-refractivity contribution in [2.75, 3.05) is 41.7 Å². The number of pyridine rings is 1. The van der Waals surface area contributed by atoms with Gasteiger partial charge < -0.3 is 15.5 Å². The normalized spacial score (nSPS) is 15.9. The zero-order valence-corrected chi connectivity index (χ0v) is 18.3. The first kappa shape index (κ1) is 22.5. The molecule has 0 radical (unpaired) electrons. The number of amides is 2. The summed E-state index contributed by atoms with van der Waals surface area (Å²) in [6.07, 6.45) is -4.39. The van der Waals surface area contributed by atoms with Gasteiger partial charge in [0, 0.05) is 43.6 Å². The SMILES string of the molecule is Nc1c2c(cc(=O)n1-c1ccc(N3CCN(c4cccc(C(F)(F)F)c4)CC3)cc1)C(=O)NC2=O. The number of hydrogen-bond acceptors (Lipinski definition) is 6. The zero-order chi connectivity index (χ0) is 24.9. The predicted molar refractivity (Wildman–Crippen MR) is 124 cm³/mol. The predicted octanol–water partition coefficient (Wildman–Crippen LogP) is 2.65. The van der Waals surface area contributed by atoms with Gasteiger partial charge in [0.2, 0.25) is 0 Å². The van der Waals surface area contributed by atoms with Gasteiger partial charge in [0.1, 0.15) is 5.82 Å². The van der Waals surface area contributed by atoms with E-state index in [1.807, 2.05) is 4.90 Å². The van der Waals surface area contributed by atoms with Crippen LogP contribution in [0.25, 0.3) is 5.69 Å². The third-order valence-corrected chi connectivity index (χ3v) is 6.24. The molecular formula is C24H20F3N5O3. The molecule has 180 valence electrons. The summed E-state index contributed by atoms with van der Waals surface area (Å²) in [6.45, 7) is 2.28. The summed E-state index contributed by atoms with van der Waals surface area (Å²) in [5.41, 5.74) is 6.65. The minimum Gasteiger partial charge on any atom is -0.384 e. The first-order valence-corrected chi connectivity index (χ1v) is 10.8. The van der Waals surface area contributed by atoms with Crippen LogP contribution in [0, 0.1) is 0 Å². The van der Waals surface area contributed by atoms with Gasteiger partial charge >= 0.3 is 6.18 Å². The number of anilines is 3. The number of hydrogen-bond donors (Lipinski definition) is 2. The summed E-state index contributed by atoms with van der Waals surface area (Å²) < 4.78 is 40.3. The second-order valence-corrected chi connectivity index (χ2v) is 8.31. The van der Waals surface area contributed by atoms with Crippen molar-refractivity contribution in [1.29, 1.82) is 0 Å². The van der Waals surface area contributed by atoms with E-state index in [0.29, 0.717) is 37.6 Å². The fourth-order valence-electron chi connectivity index (χ4n) is 4.46. The number of nitrogen functional groups attached to an aromatic ring is 1. The molecule has 5 rings (SSSR count). The van der Waals surface area contributed by atoms with Crippen LogP contribution >= 0.6 is 0 Å². The lowest BCUT2D eigenvalue weighted by molar-refractivity contribution is -0.137. The smallest absolute Gasteiger partial charge is 0.384 e. The van der Waals surface area contributed by atoms with Crippen LogP contribution in [0.15, 0.2) is 59.4 Å². The molecule has 3 N–H and O–H groups in total. The van der Waals surface area contributed by atoms with Crippen LogP contribution in [-0.4, -0.2) is 42.6 Å². The summed E-state index contributed by atoms with van der Waals surface area (Å²) in [5, 5.41) is 2.13. The summed E-state index contributed by atoms with van der Waals surface area (Å²) in [6, 6.07) is 13.4. The van der Waals surface area contributed by atoms with Crippen LogP contribution in [-0.2, 0) is 6.18 Å². The molecule has 0 spiro atoms. The summed E-state index contributed by atoms with van der Waals surface area (Å²) in [4.78, 5) is 40.5. The van der Waals surface area contributed by atoms with Crippen LogP contribution in [0.1, 0.15) is 26.3 Å². The number of aromatic nitrogens is 1. The van der Waals surface area contributed by atoms with Crippen molar-refractivity contribution in [2.45, 2.75) is 6.18 Å². The Labute approximate surface area is 197 Å². The second-order valence-electron chi connectivity index (χ2n) is 8.31. The van der Waals surface area contributed by atoms with Gasteiger partial charge in [-0.05, 0) is 42.5 Å². The number of rotatable bonds is 3. The molecule has 3 heterocycles. The number of benzene rings is 2. The van der Waals surface area contributed by atoms with E-state index in [-0.39, 0.29) is 16.9 Å². The first-order valence-electron chi connectivity index (χ1n) is 10.8. The fourth-order valence-corrected chi connectivity index (χ4v) is 4.46. The van der Waals surface area contributed by atoms with Crippen molar-refractivity contribution >= 4 is 29.0 Å². The maximum Gasteiger partial charge on any atom is 0.416 e. The number of nitrogens with two attached hydrogens (primary N) is 1. The number of nitrogens with zero attached hydrogens (tertiary/aromatic N) is 3. The zero-order valence-electron chi connectivity index (χ0n) is 18.3. The highest BCUT2D eigenvalue weighted by Gasteiger charge is 2.32. The van der Waals surface area contributed by atoms with E-state index < -0.39 is 29.1 Å². The lowest BCUT2D eigenvalue weighted by Gasteiger charge is -2.37. The van der Waals surface area contributed by atoms with Crippen molar-refractivity contribution in [3.8, 4) is 5.69 Å². The van der Waals surface area contributed by atoms with Crippen molar-refractivity contribution in [3.05, 3.63) is 81.6 Å². The number of carbonyl (C=O) groups is 2. The third-order valence-electron chi connectivity index (χ3n) is 6.24. The number of fused-ring (bicyclic) bond motifs is 1. The molecule has 0 atom stereocenters. The molecule has 1 aromatic heterocycles. The van der Waals surface area contributed by atoms with E-state index >= 15 is 0 Å². The Balaban J connectivity index is 1.33.